The third kappa shape index (κ3) is 3.10. The van der Waals surface area contributed by atoms with Crippen LogP contribution in [0.15, 0.2) is 6.20 Å². The Morgan fingerprint density at radius 2 is 2.21 bits per heavy atom. The first-order chi connectivity index (χ1) is 6.39. The van der Waals surface area contributed by atoms with E-state index in [9.17, 15) is 18.0 Å². The molecule has 0 radical (unpaired) electrons. The minimum Gasteiger partial charge on any atom is -0.300 e. The largest absolute Gasteiger partial charge is 0.443 e. The SMILES string of the molecule is CC(=O)CCc1cnc(C(F)(F)F)s1. The second kappa shape index (κ2) is 4.08. The Bertz CT molecular complexity index is 332. The van der Waals surface area contributed by atoms with Crippen molar-refractivity contribution in [1.29, 1.82) is 0 Å². The molecule has 6 heteroatoms. The highest BCUT2D eigenvalue weighted by molar-refractivity contribution is 7.11. The first-order valence-corrected chi connectivity index (χ1v) is 4.72. The van der Waals surface area contributed by atoms with E-state index in [1.165, 1.54) is 13.1 Å². The molecule has 0 saturated heterocycles. The smallest absolute Gasteiger partial charge is 0.300 e. The van der Waals surface area contributed by atoms with E-state index in [1.807, 2.05) is 0 Å². The van der Waals surface area contributed by atoms with E-state index < -0.39 is 11.2 Å². The molecule has 0 atom stereocenters. The number of nitrogens with zero attached hydrogens (tertiary/aromatic N) is 1. The molecule has 1 aromatic heterocycles. The maximum absolute atomic E-state index is 12.1. The zero-order chi connectivity index (χ0) is 10.8. The molecule has 0 unspecified atom stereocenters. The molecule has 1 heterocycles. The van der Waals surface area contributed by atoms with Gasteiger partial charge >= 0.3 is 6.18 Å². The van der Waals surface area contributed by atoms with E-state index >= 15 is 0 Å². The Kier molecular flexibility index (Phi) is 3.25. The van der Waals surface area contributed by atoms with Crippen LogP contribution < -0.4 is 0 Å². The average molecular weight is 223 g/mol. The third-order valence-corrected chi connectivity index (χ3v) is 2.62. The van der Waals surface area contributed by atoms with Crippen molar-refractivity contribution in [2.45, 2.75) is 25.9 Å². The minimum atomic E-state index is -4.38. The van der Waals surface area contributed by atoms with Crippen molar-refractivity contribution in [1.82, 2.24) is 4.98 Å². The number of carbonyl (C=O) groups excluding carboxylic acids is 1. The molecule has 0 amide bonds. The summed E-state index contributed by atoms with van der Waals surface area (Å²) < 4.78 is 36.2. The van der Waals surface area contributed by atoms with Gasteiger partial charge in [0.1, 0.15) is 5.78 Å². The van der Waals surface area contributed by atoms with Crippen molar-refractivity contribution >= 4 is 17.1 Å². The fourth-order valence-corrected chi connectivity index (χ4v) is 1.63. The monoisotopic (exact) mass is 223 g/mol. The molecule has 0 spiro atoms. The highest BCUT2D eigenvalue weighted by atomic mass is 32.1. The standard InChI is InChI=1S/C8H8F3NOS/c1-5(13)2-3-6-4-12-7(14-6)8(9,10)11/h4H,2-3H2,1H3. The van der Waals surface area contributed by atoms with Crippen molar-refractivity contribution in [3.8, 4) is 0 Å². The van der Waals surface area contributed by atoms with Crippen molar-refractivity contribution in [3.05, 3.63) is 16.1 Å². The van der Waals surface area contributed by atoms with Gasteiger partial charge in [-0.15, -0.1) is 11.3 Å². The summed E-state index contributed by atoms with van der Waals surface area (Å²) in [5.74, 6) is -0.0352. The number of halogens is 3. The highest BCUT2D eigenvalue weighted by Crippen LogP contribution is 2.32. The summed E-state index contributed by atoms with van der Waals surface area (Å²) in [6.45, 7) is 1.41. The summed E-state index contributed by atoms with van der Waals surface area (Å²) in [5.41, 5.74) is 0. The van der Waals surface area contributed by atoms with Gasteiger partial charge in [0.15, 0.2) is 5.01 Å². The van der Waals surface area contributed by atoms with Crippen molar-refractivity contribution < 1.29 is 18.0 Å². The summed E-state index contributed by atoms with van der Waals surface area (Å²) in [6.07, 6.45) is -2.60. The topological polar surface area (TPSA) is 30.0 Å². The van der Waals surface area contributed by atoms with Gasteiger partial charge in [-0.25, -0.2) is 4.98 Å². The molecule has 0 saturated carbocycles. The van der Waals surface area contributed by atoms with Crippen LogP contribution in [-0.2, 0) is 17.4 Å². The summed E-state index contributed by atoms with van der Waals surface area (Å²) in [6, 6.07) is 0. The van der Waals surface area contributed by atoms with Crippen molar-refractivity contribution in [3.63, 3.8) is 0 Å². The average Bonchev–Trinajstić information content (AvgIpc) is 2.47. The Balaban J connectivity index is 2.64. The molecular formula is C8H8F3NOS. The fraction of sp³-hybridized carbons (Fsp3) is 0.500. The molecule has 1 aromatic rings. The summed E-state index contributed by atoms with van der Waals surface area (Å²) in [5, 5.41) is -0.851. The van der Waals surface area contributed by atoms with Gasteiger partial charge in [-0.3, -0.25) is 0 Å². The molecule has 14 heavy (non-hydrogen) atoms. The van der Waals surface area contributed by atoms with E-state index in [2.05, 4.69) is 4.98 Å². The van der Waals surface area contributed by atoms with Gasteiger partial charge < -0.3 is 4.79 Å². The third-order valence-electron chi connectivity index (χ3n) is 1.52. The summed E-state index contributed by atoms with van der Waals surface area (Å²) in [7, 11) is 0. The Morgan fingerprint density at radius 1 is 1.57 bits per heavy atom. The predicted octanol–water partition coefficient (Wildman–Crippen LogP) is 2.68. The minimum absolute atomic E-state index is 0.0352. The quantitative estimate of drug-likeness (QED) is 0.788. The van der Waals surface area contributed by atoms with Crippen molar-refractivity contribution in [2.75, 3.05) is 0 Å². The molecule has 0 aliphatic carbocycles. The number of hydrogen-bond acceptors (Lipinski definition) is 3. The number of aryl methyl sites for hydroxylation is 1. The van der Waals surface area contributed by atoms with Gasteiger partial charge in [-0.1, -0.05) is 0 Å². The number of alkyl halides is 3. The van der Waals surface area contributed by atoms with Gasteiger partial charge in [0.05, 0.1) is 0 Å². The second-order valence-corrected chi connectivity index (χ2v) is 3.95. The van der Waals surface area contributed by atoms with E-state index in [4.69, 9.17) is 0 Å². The number of aromatic nitrogens is 1. The Hall–Kier alpha value is -0.910. The second-order valence-electron chi connectivity index (χ2n) is 2.83. The molecule has 0 aliphatic heterocycles. The zero-order valence-electron chi connectivity index (χ0n) is 7.39. The molecule has 0 N–H and O–H groups in total. The first-order valence-electron chi connectivity index (χ1n) is 3.91. The normalized spacial score (nSPS) is 11.7. The highest BCUT2D eigenvalue weighted by Gasteiger charge is 2.34. The lowest BCUT2D eigenvalue weighted by Gasteiger charge is -1.98. The lowest BCUT2D eigenvalue weighted by Crippen LogP contribution is -2.02. The fourth-order valence-electron chi connectivity index (χ4n) is 0.853. The van der Waals surface area contributed by atoms with Gasteiger partial charge in [0.2, 0.25) is 0 Å². The molecule has 0 aliphatic rings. The number of thiazole rings is 1. The Labute approximate surface area is 82.8 Å². The van der Waals surface area contributed by atoms with Crippen molar-refractivity contribution in [2.24, 2.45) is 0 Å². The van der Waals surface area contributed by atoms with E-state index in [1.54, 1.807) is 0 Å². The number of hydrogen-bond donors (Lipinski definition) is 0. The first kappa shape index (κ1) is 11.2. The summed E-state index contributed by atoms with van der Waals surface area (Å²) in [4.78, 5) is 14.3. The molecule has 2 nitrogen and oxygen atoms in total. The number of Topliss-reactive ketones (excluding diaryl/α,β-unsaturated/α-hetero) is 1. The maximum Gasteiger partial charge on any atom is 0.443 e. The maximum atomic E-state index is 12.1. The number of ketones is 1. The number of rotatable bonds is 3. The van der Waals surface area contributed by atoms with Gasteiger partial charge in [-0.05, 0) is 13.3 Å². The lowest BCUT2D eigenvalue weighted by atomic mass is 10.2. The van der Waals surface area contributed by atoms with Crippen LogP contribution in [0, 0.1) is 0 Å². The van der Waals surface area contributed by atoms with Crippen LogP contribution in [0.3, 0.4) is 0 Å². The summed E-state index contributed by atoms with van der Waals surface area (Å²) >= 11 is 0.593. The van der Waals surface area contributed by atoms with Crippen LogP contribution in [0.1, 0.15) is 23.2 Å². The van der Waals surface area contributed by atoms with Crippen LogP contribution in [0.25, 0.3) is 0 Å². The lowest BCUT2D eigenvalue weighted by molar-refractivity contribution is -0.137. The van der Waals surface area contributed by atoms with Crippen LogP contribution in [0.4, 0.5) is 13.2 Å². The van der Waals surface area contributed by atoms with E-state index in [0.29, 0.717) is 22.6 Å². The molecule has 1 rings (SSSR count). The van der Waals surface area contributed by atoms with Gasteiger partial charge in [-0.2, -0.15) is 13.2 Å². The van der Waals surface area contributed by atoms with Crippen LogP contribution in [0.2, 0.25) is 0 Å². The molecular weight excluding hydrogens is 215 g/mol. The molecule has 78 valence electrons. The van der Waals surface area contributed by atoms with E-state index in [-0.39, 0.29) is 12.2 Å². The Morgan fingerprint density at radius 3 is 2.64 bits per heavy atom. The van der Waals surface area contributed by atoms with E-state index in [0.717, 1.165) is 0 Å². The van der Waals surface area contributed by atoms with Gasteiger partial charge in [0, 0.05) is 17.5 Å². The number of carbonyl (C=O) groups is 1. The molecule has 0 fully saturated rings. The molecule has 0 aromatic carbocycles. The van der Waals surface area contributed by atoms with Crippen LogP contribution in [-0.4, -0.2) is 10.8 Å². The molecule has 0 bridgehead atoms. The van der Waals surface area contributed by atoms with Crippen LogP contribution in [0.5, 0.6) is 0 Å². The zero-order valence-corrected chi connectivity index (χ0v) is 8.21. The van der Waals surface area contributed by atoms with Crippen LogP contribution >= 0.6 is 11.3 Å². The van der Waals surface area contributed by atoms with Gasteiger partial charge in [0.25, 0.3) is 0 Å². The predicted molar refractivity (Wildman–Crippen MR) is 46.1 cm³/mol.